The van der Waals surface area contributed by atoms with Crippen molar-refractivity contribution in [3.63, 3.8) is 0 Å². The van der Waals surface area contributed by atoms with Crippen molar-refractivity contribution in [1.29, 1.82) is 0 Å². The third kappa shape index (κ3) is 25.7. The Kier molecular flexibility index (Phi) is 28.8. The molecule has 0 aliphatic rings. The van der Waals surface area contributed by atoms with E-state index >= 15 is 0 Å². The van der Waals surface area contributed by atoms with Crippen LogP contribution in [0.1, 0.15) is 27.2 Å². The Morgan fingerprint density at radius 2 is 1.15 bits per heavy atom. The van der Waals surface area contributed by atoms with Crippen LogP contribution in [0.15, 0.2) is 0 Å². The minimum atomic E-state index is -2.62. The summed E-state index contributed by atoms with van der Waals surface area (Å²) in [6, 6.07) is 0. The second-order valence-electron chi connectivity index (χ2n) is 7.04. The molecule has 0 heterocycles. The summed E-state index contributed by atoms with van der Waals surface area (Å²) in [6.07, 6.45) is 1.29. The molecule has 0 aromatic heterocycles. The van der Waals surface area contributed by atoms with Gasteiger partial charge in [0, 0.05) is 0 Å². The molecule has 0 aliphatic carbocycles. The van der Waals surface area contributed by atoms with Gasteiger partial charge in [-0.05, 0) is 0 Å². The Labute approximate surface area is 217 Å². The van der Waals surface area contributed by atoms with Crippen LogP contribution in [0.2, 0.25) is 0 Å². The number of rotatable bonds is 28. The number of ether oxygens (including phenoxy) is 7. The van der Waals surface area contributed by atoms with Crippen LogP contribution in [0.4, 0.5) is 0 Å². The van der Waals surface area contributed by atoms with E-state index in [-0.39, 0.29) is 12.2 Å². The maximum absolute atomic E-state index is 5.80. The van der Waals surface area contributed by atoms with Crippen LogP contribution in [-0.4, -0.2) is 144 Å². The Morgan fingerprint density at radius 1 is 0.618 bits per heavy atom. The second kappa shape index (κ2) is 28.2. The fourth-order valence-electron chi connectivity index (χ4n) is 2.14. The molecule has 0 aromatic rings. The van der Waals surface area contributed by atoms with Crippen LogP contribution >= 0.6 is 0 Å². The van der Waals surface area contributed by atoms with Crippen molar-refractivity contribution in [2.45, 2.75) is 39.4 Å². The van der Waals surface area contributed by atoms with Gasteiger partial charge in [0.1, 0.15) is 0 Å². The maximum atomic E-state index is 5.80. The number of methoxy groups -OCH3 is 2. The molecular formula is C21H45Ge2O11. The third-order valence-electron chi connectivity index (χ3n) is 4.08. The molecule has 0 saturated heterocycles. The van der Waals surface area contributed by atoms with Gasteiger partial charge in [-0.2, -0.15) is 0 Å². The van der Waals surface area contributed by atoms with Gasteiger partial charge in [0.2, 0.25) is 0 Å². The zero-order valence-electron chi connectivity index (χ0n) is 21.5. The van der Waals surface area contributed by atoms with E-state index in [2.05, 4.69) is 6.92 Å². The summed E-state index contributed by atoms with van der Waals surface area (Å²) in [6.45, 7) is 12.5. The molecular weight excluding hydrogens is 573 g/mol. The van der Waals surface area contributed by atoms with Crippen LogP contribution in [0.5, 0.6) is 0 Å². The summed E-state index contributed by atoms with van der Waals surface area (Å²) in [5, 5.41) is 0. The van der Waals surface area contributed by atoms with Gasteiger partial charge in [-0.1, -0.05) is 0 Å². The van der Waals surface area contributed by atoms with Crippen LogP contribution in [-0.2, 0) is 47.2 Å². The first kappa shape index (κ1) is 34.6. The standard InChI is InChI=1S/C21H45Ge2O11/c1-6-20(2)29-14-9-28-13-18-33-23(32-17-12-26-8-7-24-4)34-22-31-16-11-27-10-15-30-21(3)19-25-5/h20-21H,6-19H2,1-5H3. The van der Waals surface area contributed by atoms with Crippen LogP contribution in [0.3, 0.4) is 0 Å². The molecule has 0 rings (SSSR count). The average molecular weight is 619 g/mol. The Morgan fingerprint density at radius 3 is 1.71 bits per heavy atom. The molecule has 0 saturated carbocycles. The number of hydrogen-bond donors (Lipinski definition) is 0. The molecule has 0 fully saturated rings. The molecule has 0 bridgehead atoms. The molecule has 0 aliphatic heterocycles. The summed E-state index contributed by atoms with van der Waals surface area (Å²) in [7, 11) is 3.29. The normalized spacial score (nSPS) is 13.6. The minimum absolute atomic E-state index is 0.0571. The van der Waals surface area contributed by atoms with Crippen molar-refractivity contribution in [2.75, 3.05) is 100 Å². The summed E-state index contributed by atoms with van der Waals surface area (Å²) >= 11 is -3.72. The van der Waals surface area contributed by atoms with Gasteiger partial charge in [0.15, 0.2) is 0 Å². The van der Waals surface area contributed by atoms with Gasteiger partial charge in [0.25, 0.3) is 0 Å². The van der Waals surface area contributed by atoms with E-state index < -0.39 is 31.5 Å². The van der Waals surface area contributed by atoms with Crippen molar-refractivity contribution in [3.05, 3.63) is 0 Å². The Balaban J connectivity index is 3.86. The van der Waals surface area contributed by atoms with Crippen molar-refractivity contribution in [1.82, 2.24) is 0 Å². The molecule has 34 heavy (non-hydrogen) atoms. The summed E-state index contributed by atoms with van der Waals surface area (Å²) in [5.74, 6) is 0. The molecule has 13 heteroatoms. The number of hydrogen-bond acceptors (Lipinski definition) is 11. The quantitative estimate of drug-likeness (QED) is 0.0932. The van der Waals surface area contributed by atoms with Gasteiger partial charge < -0.3 is 0 Å². The van der Waals surface area contributed by atoms with Crippen LogP contribution in [0, 0.1) is 0 Å². The fraction of sp³-hybridized carbons (Fsp3) is 1.00. The Bertz CT molecular complexity index is 400. The predicted molar refractivity (Wildman–Crippen MR) is 128 cm³/mol. The first-order chi connectivity index (χ1) is 16.6. The molecule has 3 radical (unpaired) electrons. The van der Waals surface area contributed by atoms with Gasteiger partial charge >= 0.3 is 218 Å². The van der Waals surface area contributed by atoms with Gasteiger partial charge in [0.05, 0.1) is 0 Å². The van der Waals surface area contributed by atoms with Crippen LogP contribution < -0.4 is 0 Å². The van der Waals surface area contributed by atoms with Crippen molar-refractivity contribution in [3.8, 4) is 0 Å². The third-order valence-corrected chi connectivity index (χ3v) is 9.85. The van der Waals surface area contributed by atoms with E-state index in [1.165, 1.54) is 0 Å². The van der Waals surface area contributed by atoms with E-state index in [1.54, 1.807) is 14.2 Å². The van der Waals surface area contributed by atoms with Gasteiger partial charge in [-0.25, -0.2) is 0 Å². The van der Waals surface area contributed by atoms with Crippen LogP contribution in [0.25, 0.3) is 0 Å². The molecule has 203 valence electrons. The zero-order chi connectivity index (χ0) is 25.1. The topological polar surface area (TPSA) is 102 Å². The zero-order valence-corrected chi connectivity index (χ0v) is 25.7. The Hall–Kier alpha value is 0.646. The second-order valence-corrected chi connectivity index (χ2v) is 12.9. The SMILES string of the molecule is CCC(C)OCCOCC[O][Ge]([O]CCOCCOC)[O][Ge][O]CCOCCOC(C)COC. The van der Waals surface area contributed by atoms with E-state index in [0.717, 1.165) is 6.42 Å². The van der Waals surface area contributed by atoms with E-state index in [0.29, 0.717) is 85.9 Å². The average Bonchev–Trinajstić information content (AvgIpc) is 2.83. The summed E-state index contributed by atoms with van der Waals surface area (Å²) in [5.41, 5.74) is 0. The summed E-state index contributed by atoms with van der Waals surface area (Å²) < 4.78 is 60.4. The summed E-state index contributed by atoms with van der Waals surface area (Å²) in [4.78, 5) is 0. The van der Waals surface area contributed by atoms with Gasteiger partial charge in [-0.15, -0.1) is 0 Å². The molecule has 0 N–H and O–H groups in total. The first-order valence-electron chi connectivity index (χ1n) is 11.7. The molecule has 0 spiro atoms. The van der Waals surface area contributed by atoms with Gasteiger partial charge in [-0.3, -0.25) is 0 Å². The molecule has 2 atom stereocenters. The molecule has 11 nitrogen and oxygen atoms in total. The predicted octanol–water partition coefficient (Wildman–Crippen LogP) is 1.13. The molecule has 0 amide bonds. The van der Waals surface area contributed by atoms with E-state index in [9.17, 15) is 0 Å². The first-order valence-corrected chi connectivity index (χ1v) is 16.0. The van der Waals surface area contributed by atoms with Crippen molar-refractivity contribution in [2.24, 2.45) is 0 Å². The van der Waals surface area contributed by atoms with E-state index in [4.69, 9.17) is 47.2 Å². The fourth-order valence-corrected chi connectivity index (χ4v) is 6.90. The van der Waals surface area contributed by atoms with Crippen molar-refractivity contribution < 1.29 is 47.2 Å². The monoisotopic (exact) mass is 621 g/mol. The van der Waals surface area contributed by atoms with E-state index in [1.807, 2.05) is 13.8 Å². The molecule has 2 unspecified atom stereocenters. The molecule has 0 aromatic carbocycles. The van der Waals surface area contributed by atoms with Crippen molar-refractivity contribution >= 4 is 31.5 Å².